The Kier molecular flexibility index (Phi) is 6.68. The molecule has 178 valence electrons. The highest BCUT2D eigenvalue weighted by atomic mass is 16.2. The number of aromatic nitrogens is 2. The number of amides is 3. The van der Waals surface area contributed by atoms with Crippen LogP contribution in [0.4, 0.5) is 0 Å². The minimum Gasteiger partial charge on any atom is -0.357 e. The van der Waals surface area contributed by atoms with Gasteiger partial charge in [-0.15, -0.1) is 0 Å². The average Bonchev–Trinajstić information content (AvgIpc) is 3.14. The molecule has 1 aromatic carbocycles. The lowest BCUT2D eigenvalue weighted by atomic mass is 9.86. The topological polar surface area (TPSA) is 96.3 Å². The van der Waals surface area contributed by atoms with Crippen molar-refractivity contribution in [3.05, 3.63) is 41.7 Å². The largest absolute Gasteiger partial charge is 0.357 e. The van der Waals surface area contributed by atoms with Crippen LogP contribution < -0.4 is 10.6 Å². The monoisotopic (exact) mass is 453 g/mol. The third kappa shape index (κ3) is 5.10. The number of nitrogens with one attached hydrogen (secondary N) is 2. The van der Waals surface area contributed by atoms with E-state index >= 15 is 0 Å². The average molecular weight is 454 g/mol. The molecule has 0 bridgehead atoms. The van der Waals surface area contributed by atoms with E-state index in [1.165, 1.54) is 0 Å². The van der Waals surface area contributed by atoms with E-state index in [-0.39, 0.29) is 17.5 Å². The number of fused-ring (bicyclic) bond motifs is 1. The molecule has 0 saturated carbocycles. The van der Waals surface area contributed by atoms with Crippen molar-refractivity contribution in [1.82, 2.24) is 25.1 Å². The Balaban J connectivity index is 2.04. The summed E-state index contributed by atoms with van der Waals surface area (Å²) >= 11 is 0. The highest BCUT2D eigenvalue weighted by Gasteiger charge is 2.37. The van der Waals surface area contributed by atoms with Gasteiger partial charge in [0.25, 0.3) is 5.91 Å². The Morgan fingerprint density at radius 3 is 2.18 bits per heavy atom. The number of likely N-dealkylation sites (N-methyl/N-ethyl adjacent to an activating group) is 1. The molecule has 0 fully saturated rings. The predicted octanol–water partition coefficient (Wildman–Crippen LogP) is 2.83. The van der Waals surface area contributed by atoms with E-state index in [1.54, 1.807) is 11.9 Å². The van der Waals surface area contributed by atoms with Crippen LogP contribution in [0, 0.1) is 10.8 Å². The van der Waals surface area contributed by atoms with Crippen LogP contribution in [0.3, 0.4) is 0 Å². The fourth-order valence-electron chi connectivity index (χ4n) is 4.02. The molecule has 8 heteroatoms. The van der Waals surface area contributed by atoms with Gasteiger partial charge in [0.2, 0.25) is 11.8 Å². The Morgan fingerprint density at radius 2 is 1.64 bits per heavy atom. The van der Waals surface area contributed by atoms with Crippen LogP contribution in [0.1, 0.15) is 57.7 Å². The molecule has 2 aromatic rings. The smallest absolute Gasteiger partial charge is 0.272 e. The number of hydrogen-bond acceptors (Lipinski definition) is 4. The van der Waals surface area contributed by atoms with E-state index < -0.39 is 22.8 Å². The molecule has 0 saturated heterocycles. The molecule has 3 rings (SSSR count). The van der Waals surface area contributed by atoms with Gasteiger partial charge in [-0.2, -0.15) is 0 Å². The molecule has 2 N–H and O–H groups in total. The normalized spacial score (nSPS) is 14.9. The van der Waals surface area contributed by atoms with Gasteiger partial charge in [0, 0.05) is 31.1 Å². The van der Waals surface area contributed by atoms with Crippen molar-refractivity contribution in [2.24, 2.45) is 10.8 Å². The molecule has 1 aliphatic rings. The molecule has 1 aromatic heterocycles. The van der Waals surface area contributed by atoms with E-state index in [4.69, 9.17) is 4.98 Å². The number of imidazole rings is 1. The van der Waals surface area contributed by atoms with Crippen LogP contribution in [-0.4, -0.2) is 51.8 Å². The Labute approximate surface area is 195 Å². The van der Waals surface area contributed by atoms with Crippen LogP contribution in [-0.2, 0) is 22.7 Å². The van der Waals surface area contributed by atoms with Crippen molar-refractivity contribution in [3.8, 4) is 11.4 Å². The summed E-state index contributed by atoms with van der Waals surface area (Å²) in [6.45, 7) is 12.7. The van der Waals surface area contributed by atoms with Gasteiger partial charge < -0.3 is 20.1 Å². The Bertz CT molecular complexity index is 1040. The lowest BCUT2D eigenvalue weighted by molar-refractivity contribution is -0.141. The number of carbonyl (C=O) groups is 3. The molecular formula is C25H35N5O3. The number of nitrogens with zero attached hydrogens (tertiary/aromatic N) is 3. The molecule has 8 nitrogen and oxygen atoms in total. The molecule has 0 radical (unpaired) electrons. The Morgan fingerprint density at radius 1 is 1.00 bits per heavy atom. The second kappa shape index (κ2) is 9.00. The summed E-state index contributed by atoms with van der Waals surface area (Å²) in [7, 11) is 1.55. The third-order valence-electron chi connectivity index (χ3n) is 5.83. The zero-order valence-electron chi connectivity index (χ0n) is 20.7. The summed E-state index contributed by atoms with van der Waals surface area (Å²) in [6, 6.07) is 8.95. The van der Waals surface area contributed by atoms with Crippen molar-refractivity contribution in [3.63, 3.8) is 0 Å². The van der Waals surface area contributed by atoms with Crippen LogP contribution in [0.2, 0.25) is 0 Å². The Hall–Kier alpha value is -3.16. The van der Waals surface area contributed by atoms with Crippen LogP contribution in [0.5, 0.6) is 0 Å². The van der Waals surface area contributed by atoms with E-state index in [1.807, 2.05) is 76.4 Å². The second-order valence-corrected chi connectivity index (χ2v) is 10.6. The van der Waals surface area contributed by atoms with E-state index in [9.17, 15) is 14.4 Å². The van der Waals surface area contributed by atoms with Crippen molar-refractivity contribution in [2.45, 2.75) is 60.7 Å². The standard InChI is InChI=1S/C25H35N5O3/c1-24(2,3)19(22(32)26-7)28-21(31)18-17-15-29(23(33)25(4,5)6)13-14-30(17)20(27-18)16-11-9-8-10-12-16/h8-12,19H,13-15H2,1-7H3,(H,26,32)(H,28,31)/t19-/m1/s1. The van der Waals surface area contributed by atoms with Gasteiger partial charge in [-0.3, -0.25) is 14.4 Å². The first-order chi connectivity index (χ1) is 15.3. The number of rotatable bonds is 4. The van der Waals surface area contributed by atoms with Gasteiger partial charge >= 0.3 is 0 Å². The lowest BCUT2D eigenvalue weighted by Gasteiger charge is -2.34. The molecule has 3 amide bonds. The van der Waals surface area contributed by atoms with Crippen LogP contribution in [0.25, 0.3) is 11.4 Å². The van der Waals surface area contributed by atoms with Gasteiger partial charge in [0.1, 0.15) is 11.9 Å². The predicted molar refractivity (Wildman–Crippen MR) is 127 cm³/mol. The molecule has 1 atom stereocenters. The van der Waals surface area contributed by atoms with Gasteiger partial charge in [0.15, 0.2) is 5.69 Å². The molecule has 0 spiro atoms. The summed E-state index contributed by atoms with van der Waals surface area (Å²) in [5, 5.41) is 5.51. The summed E-state index contributed by atoms with van der Waals surface area (Å²) in [5.74, 6) is 0.0256. The lowest BCUT2D eigenvalue weighted by Crippen LogP contribution is -2.53. The highest BCUT2D eigenvalue weighted by Crippen LogP contribution is 2.29. The minimum absolute atomic E-state index is 0.0282. The summed E-state index contributed by atoms with van der Waals surface area (Å²) < 4.78 is 2.02. The number of hydrogen-bond donors (Lipinski definition) is 2. The fourth-order valence-corrected chi connectivity index (χ4v) is 4.02. The van der Waals surface area contributed by atoms with Crippen LogP contribution >= 0.6 is 0 Å². The molecule has 1 aliphatic heterocycles. The van der Waals surface area contributed by atoms with Gasteiger partial charge in [-0.25, -0.2) is 4.98 Å². The second-order valence-electron chi connectivity index (χ2n) is 10.6. The minimum atomic E-state index is -0.733. The van der Waals surface area contributed by atoms with Crippen molar-refractivity contribution < 1.29 is 14.4 Å². The first kappa shape index (κ1) is 24.5. The maximum Gasteiger partial charge on any atom is 0.272 e. The maximum atomic E-state index is 13.4. The molecule has 0 aliphatic carbocycles. The van der Waals surface area contributed by atoms with E-state index in [2.05, 4.69) is 10.6 Å². The molecule has 33 heavy (non-hydrogen) atoms. The van der Waals surface area contributed by atoms with Gasteiger partial charge in [-0.1, -0.05) is 71.9 Å². The summed E-state index contributed by atoms with van der Waals surface area (Å²) in [4.78, 5) is 45.4. The first-order valence-corrected chi connectivity index (χ1v) is 11.3. The van der Waals surface area contributed by atoms with Gasteiger partial charge in [-0.05, 0) is 5.41 Å². The highest BCUT2D eigenvalue weighted by molar-refractivity contribution is 5.98. The quantitative estimate of drug-likeness (QED) is 0.744. The molecule has 0 unspecified atom stereocenters. The maximum absolute atomic E-state index is 13.4. The zero-order chi connectivity index (χ0) is 24.6. The molecule has 2 heterocycles. The first-order valence-electron chi connectivity index (χ1n) is 11.3. The summed E-state index contributed by atoms with van der Waals surface area (Å²) in [5.41, 5.74) is 0.806. The number of benzene rings is 1. The third-order valence-corrected chi connectivity index (χ3v) is 5.83. The van der Waals surface area contributed by atoms with E-state index in [0.29, 0.717) is 31.2 Å². The van der Waals surface area contributed by atoms with Crippen molar-refractivity contribution >= 4 is 17.7 Å². The van der Waals surface area contributed by atoms with Crippen molar-refractivity contribution in [2.75, 3.05) is 13.6 Å². The SMILES string of the molecule is CNC(=O)[C@@H](NC(=O)c1nc(-c2ccccc2)n2c1CN(C(=O)C(C)(C)C)CC2)C(C)(C)C. The zero-order valence-corrected chi connectivity index (χ0v) is 20.7. The number of carbonyl (C=O) groups excluding carboxylic acids is 3. The summed E-state index contributed by atoms with van der Waals surface area (Å²) in [6.07, 6.45) is 0. The fraction of sp³-hybridized carbons (Fsp3) is 0.520. The van der Waals surface area contributed by atoms with E-state index in [0.717, 1.165) is 5.56 Å². The van der Waals surface area contributed by atoms with Gasteiger partial charge in [0.05, 0.1) is 12.2 Å². The molecular weight excluding hydrogens is 418 g/mol. The van der Waals surface area contributed by atoms with Crippen LogP contribution in [0.15, 0.2) is 30.3 Å². The van der Waals surface area contributed by atoms with Crippen molar-refractivity contribution in [1.29, 1.82) is 0 Å².